The summed E-state index contributed by atoms with van der Waals surface area (Å²) in [6.07, 6.45) is 3.98. The SMILES string of the molecule is Cc1ccc([C@@H]2C[C@H](C)CCN2C(=O)CCn2ccccc2=O)o1. The van der Waals surface area contributed by atoms with Gasteiger partial charge < -0.3 is 13.9 Å². The van der Waals surface area contributed by atoms with Crippen molar-refractivity contribution < 1.29 is 9.21 Å². The number of hydrogen-bond acceptors (Lipinski definition) is 3. The van der Waals surface area contributed by atoms with E-state index >= 15 is 0 Å². The van der Waals surface area contributed by atoms with Crippen LogP contribution in [0, 0.1) is 12.8 Å². The lowest BCUT2D eigenvalue weighted by Crippen LogP contribution is -2.41. The van der Waals surface area contributed by atoms with Crippen molar-refractivity contribution in [3.05, 3.63) is 58.4 Å². The molecule has 0 bridgehead atoms. The standard InChI is InChI=1S/C19H24N2O3/c1-14-8-12-21(16(13-14)17-7-6-15(2)24-17)19(23)9-11-20-10-4-3-5-18(20)22/h3-7,10,14,16H,8-9,11-13H2,1-2H3/t14-,16+/m1/s1. The van der Waals surface area contributed by atoms with Crippen LogP contribution in [0.15, 0.2) is 45.7 Å². The molecule has 5 nitrogen and oxygen atoms in total. The predicted octanol–water partition coefficient (Wildman–Crippen LogP) is 3.14. The molecule has 1 aliphatic rings. The number of likely N-dealkylation sites (tertiary alicyclic amines) is 1. The number of rotatable bonds is 4. The minimum atomic E-state index is -0.0734. The van der Waals surface area contributed by atoms with Crippen molar-refractivity contribution in [1.29, 1.82) is 0 Å². The average molecular weight is 328 g/mol. The summed E-state index contributed by atoms with van der Waals surface area (Å²) in [5, 5.41) is 0. The van der Waals surface area contributed by atoms with Crippen molar-refractivity contribution in [3.8, 4) is 0 Å². The highest BCUT2D eigenvalue weighted by Crippen LogP contribution is 2.35. The lowest BCUT2D eigenvalue weighted by molar-refractivity contribution is -0.136. The molecule has 0 radical (unpaired) electrons. The number of amides is 1. The van der Waals surface area contributed by atoms with Crippen molar-refractivity contribution in [2.45, 2.75) is 45.7 Å². The smallest absolute Gasteiger partial charge is 0.250 e. The van der Waals surface area contributed by atoms with E-state index in [0.29, 0.717) is 18.9 Å². The summed E-state index contributed by atoms with van der Waals surface area (Å²) >= 11 is 0. The van der Waals surface area contributed by atoms with Gasteiger partial charge in [-0.3, -0.25) is 9.59 Å². The molecule has 1 saturated heterocycles. The second-order valence-electron chi connectivity index (χ2n) is 6.66. The summed E-state index contributed by atoms with van der Waals surface area (Å²) in [5.74, 6) is 2.38. The molecular formula is C19H24N2O3. The minimum absolute atomic E-state index is 0.00226. The highest BCUT2D eigenvalue weighted by atomic mass is 16.3. The van der Waals surface area contributed by atoms with Crippen LogP contribution in [0.2, 0.25) is 0 Å². The van der Waals surface area contributed by atoms with E-state index in [-0.39, 0.29) is 17.5 Å². The second-order valence-corrected chi connectivity index (χ2v) is 6.66. The summed E-state index contributed by atoms with van der Waals surface area (Å²) in [5.41, 5.74) is -0.0734. The Bertz CT molecular complexity index is 762. The van der Waals surface area contributed by atoms with Crippen LogP contribution in [0.3, 0.4) is 0 Å². The molecule has 0 unspecified atom stereocenters. The molecule has 1 fully saturated rings. The summed E-state index contributed by atoms with van der Waals surface area (Å²) < 4.78 is 7.36. The number of carbonyl (C=O) groups is 1. The van der Waals surface area contributed by atoms with Gasteiger partial charge in [0.15, 0.2) is 0 Å². The first-order valence-corrected chi connectivity index (χ1v) is 8.56. The van der Waals surface area contributed by atoms with Gasteiger partial charge in [0, 0.05) is 31.8 Å². The van der Waals surface area contributed by atoms with Crippen LogP contribution in [0.5, 0.6) is 0 Å². The van der Waals surface area contributed by atoms with Gasteiger partial charge in [-0.15, -0.1) is 0 Å². The van der Waals surface area contributed by atoms with Crippen LogP contribution < -0.4 is 5.56 Å². The molecule has 0 aromatic carbocycles. The molecule has 2 aromatic heterocycles. The number of furan rings is 1. The fraction of sp³-hybridized carbons (Fsp3) is 0.474. The molecular weight excluding hydrogens is 304 g/mol. The Kier molecular flexibility index (Phi) is 4.88. The third kappa shape index (κ3) is 3.61. The zero-order chi connectivity index (χ0) is 17.1. The van der Waals surface area contributed by atoms with Crippen LogP contribution in [-0.2, 0) is 11.3 Å². The number of carbonyl (C=O) groups excluding carboxylic acids is 1. The Balaban J connectivity index is 1.71. The van der Waals surface area contributed by atoms with E-state index in [1.807, 2.05) is 30.0 Å². The number of piperidine rings is 1. The van der Waals surface area contributed by atoms with Crippen molar-refractivity contribution in [2.24, 2.45) is 5.92 Å². The molecule has 128 valence electrons. The van der Waals surface area contributed by atoms with E-state index in [0.717, 1.165) is 30.9 Å². The molecule has 2 aromatic rings. The molecule has 5 heteroatoms. The van der Waals surface area contributed by atoms with Gasteiger partial charge in [0.25, 0.3) is 5.56 Å². The van der Waals surface area contributed by atoms with Gasteiger partial charge >= 0.3 is 0 Å². The van der Waals surface area contributed by atoms with E-state index in [4.69, 9.17) is 4.42 Å². The Morgan fingerprint density at radius 2 is 2.12 bits per heavy atom. The number of aryl methyl sites for hydroxylation is 2. The van der Waals surface area contributed by atoms with Gasteiger partial charge in [0.2, 0.25) is 5.91 Å². The fourth-order valence-electron chi connectivity index (χ4n) is 3.35. The van der Waals surface area contributed by atoms with E-state index in [2.05, 4.69) is 6.92 Å². The molecule has 0 aliphatic carbocycles. The number of pyridine rings is 1. The van der Waals surface area contributed by atoms with Gasteiger partial charge in [0.1, 0.15) is 11.5 Å². The first-order valence-electron chi connectivity index (χ1n) is 8.56. The lowest BCUT2D eigenvalue weighted by atomic mass is 9.91. The van der Waals surface area contributed by atoms with Crippen molar-refractivity contribution in [3.63, 3.8) is 0 Å². The summed E-state index contributed by atoms with van der Waals surface area (Å²) in [6.45, 7) is 5.29. The van der Waals surface area contributed by atoms with Crippen molar-refractivity contribution in [2.75, 3.05) is 6.54 Å². The average Bonchev–Trinajstić information content (AvgIpc) is 3.00. The van der Waals surface area contributed by atoms with Crippen molar-refractivity contribution in [1.82, 2.24) is 9.47 Å². The largest absolute Gasteiger partial charge is 0.464 e. The van der Waals surface area contributed by atoms with Crippen LogP contribution >= 0.6 is 0 Å². The van der Waals surface area contributed by atoms with Crippen LogP contribution in [0.1, 0.15) is 43.7 Å². The van der Waals surface area contributed by atoms with E-state index in [1.54, 1.807) is 16.8 Å². The molecule has 24 heavy (non-hydrogen) atoms. The number of nitrogens with zero attached hydrogens (tertiary/aromatic N) is 2. The van der Waals surface area contributed by atoms with Gasteiger partial charge in [-0.05, 0) is 43.9 Å². The van der Waals surface area contributed by atoms with Crippen molar-refractivity contribution >= 4 is 5.91 Å². The zero-order valence-electron chi connectivity index (χ0n) is 14.3. The maximum Gasteiger partial charge on any atom is 0.250 e. The second kappa shape index (κ2) is 7.07. The topological polar surface area (TPSA) is 55.5 Å². The van der Waals surface area contributed by atoms with Crippen LogP contribution in [-0.4, -0.2) is 21.9 Å². The van der Waals surface area contributed by atoms with E-state index in [9.17, 15) is 9.59 Å². The third-order valence-electron chi connectivity index (χ3n) is 4.74. The minimum Gasteiger partial charge on any atom is -0.464 e. The third-order valence-corrected chi connectivity index (χ3v) is 4.74. The molecule has 3 heterocycles. The molecule has 1 aliphatic heterocycles. The maximum absolute atomic E-state index is 12.7. The molecule has 3 rings (SSSR count). The predicted molar refractivity (Wildman–Crippen MR) is 91.6 cm³/mol. The monoisotopic (exact) mass is 328 g/mol. The summed E-state index contributed by atoms with van der Waals surface area (Å²) in [4.78, 5) is 26.4. The first kappa shape index (κ1) is 16.6. The zero-order valence-corrected chi connectivity index (χ0v) is 14.3. The fourth-order valence-corrected chi connectivity index (χ4v) is 3.35. The molecule has 0 N–H and O–H groups in total. The molecule has 0 saturated carbocycles. The molecule has 2 atom stereocenters. The lowest BCUT2D eigenvalue weighted by Gasteiger charge is -2.37. The maximum atomic E-state index is 12.7. The molecule has 0 spiro atoms. The molecule has 1 amide bonds. The van der Waals surface area contributed by atoms with Gasteiger partial charge in [-0.1, -0.05) is 13.0 Å². The Morgan fingerprint density at radius 1 is 1.29 bits per heavy atom. The summed E-state index contributed by atoms with van der Waals surface area (Å²) in [7, 11) is 0. The Morgan fingerprint density at radius 3 is 2.83 bits per heavy atom. The Labute approximate surface area is 141 Å². The van der Waals surface area contributed by atoms with E-state index in [1.165, 1.54) is 6.07 Å². The number of aromatic nitrogens is 1. The van der Waals surface area contributed by atoms with E-state index < -0.39 is 0 Å². The highest BCUT2D eigenvalue weighted by Gasteiger charge is 2.32. The first-order chi connectivity index (χ1) is 11.5. The van der Waals surface area contributed by atoms with Gasteiger partial charge in [-0.25, -0.2) is 0 Å². The van der Waals surface area contributed by atoms with Crippen LogP contribution in [0.25, 0.3) is 0 Å². The number of hydrogen-bond donors (Lipinski definition) is 0. The summed E-state index contributed by atoms with van der Waals surface area (Å²) in [6, 6.07) is 8.95. The quantitative estimate of drug-likeness (QED) is 0.866. The van der Waals surface area contributed by atoms with Gasteiger partial charge in [0.05, 0.1) is 6.04 Å². The normalized spacial score (nSPS) is 21.0. The Hall–Kier alpha value is -2.30. The van der Waals surface area contributed by atoms with Crippen LogP contribution in [0.4, 0.5) is 0 Å². The highest BCUT2D eigenvalue weighted by molar-refractivity contribution is 5.76. The van der Waals surface area contributed by atoms with Gasteiger partial charge in [-0.2, -0.15) is 0 Å².